The molecule has 4 heterocycles. The zero-order chi connectivity index (χ0) is 48.3. The van der Waals surface area contributed by atoms with E-state index in [1.165, 1.54) is 0 Å². The maximum Gasteiger partial charge on any atom is 0.255 e. The number of aryl methyl sites for hydroxylation is 1. The summed E-state index contributed by atoms with van der Waals surface area (Å²) in [6.45, 7) is 5.75. The van der Waals surface area contributed by atoms with E-state index in [1.54, 1.807) is 57.4 Å². The number of aliphatic hydroxyl groups is 1. The number of piperidine rings is 1. The highest BCUT2D eigenvalue weighted by Crippen LogP contribution is 2.49. The Balaban J connectivity index is 0.672. The Hall–Kier alpha value is -5.22. The van der Waals surface area contributed by atoms with E-state index in [1.807, 2.05) is 55.5 Å². The third-order valence-electron chi connectivity index (χ3n) is 12.7. The van der Waals surface area contributed by atoms with Crippen molar-refractivity contribution in [3.8, 4) is 11.1 Å². The number of hydrogen-bond acceptors (Lipinski definition) is 14. The largest absolute Gasteiger partial charge is 0.394 e. The van der Waals surface area contributed by atoms with E-state index in [0.717, 1.165) is 38.4 Å². The van der Waals surface area contributed by atoms with Crippen molar-refractivity contribution in [1.29, 1.82) is 0 Å². The normalized spacial score (nSPS) is 20.0. The minimum Gasteiger partial charge on any atom is -0.394 e. The molecule has 4 aromatic carbocycles. The van der Waals surface area contributed by atoms with Gasteiger partial charge in [0.05, 0.1) is 83.0 Å². The third kappa shape index (κ3) is 12.2. The third-order valence-corrected chi connectivity index (χ3v) is 15.6. The second kappa shape index (κ2) is 23.6. The van der Waals surface area contributed by atoms with Crippen molar-refractivity contribution in [3.63, 3.8) is 0 Å². The van der Waals surface area contributed by atoms with Gasteiger partial charge in [-0.2, -0.15) is 4.31 Å². The molecule has 0 aromatic heterocycles. The molecule has 0 bridgehead atoms. The molecule has 69 heavy (non-hydrogen) atoms. The summed E-state index contributed by atoms with van der Waals surface area (Å²) >= 11 is 1.59. The summed E-state index contributed by atoms with van der Waals surface area (Å²) in [5.41, 5.74) is 6.41. The first-order chi connectivity index (χ1) is 33.5. The van der Waals surface area contributed by atoms with Crippen molar-refractivity contribution in [2.75, 3.05) is 95.6 Å². The number of amides is 4. The Kier molecular flexibility index (Phi) is 17.2. The van der Waals surface area contributed by atoms with Crippen LogP contribution < -0.4 is 16.0 Å². The van der Waals surface area contributed by atoms with Gasteiger partial charge in [0.1, 0.15) is 12.6 Å². The summed E-state index contributed by atoms with van der Waals surface area (Å²) in [7, 11) is -3.80. The molecule has 4 N–H and O–H groups in total. The summed E-state index contributed by atoms with van der Waals surface area (Å²) < 4.78 is 57.5. The van der Waals surface area contributed by atoms with Crippen molar-refractivity contribution in [2.24, 2.45) is 5.92 Å². The molecular weight excluding hydrogens is 927 g/mol. The molecular formula is C50H59N5O12S2. The second-order valence-corrected chi connectivity index (χ2v) is 20.3. The SMILES string of the molecule is Cc1ccc(S(=O)(=O)N2CC[C@@H]3[C@H](CO)Nc4ccc(-c5cccc(NC(=O)COCCOCCOCCOCCOCCSc6cccc7c6CN(C6CCC(=O)NC6=O)C7=O)c5)cc4[C@@H]32)cc1. The standard InChI is InChI=1S/C50H59N5O12S2/c1-33-8-11-37(12-9-33)69(61,62)55-17-16-39-43(31-56)52-42-13-10-35(29-40(42)48(39)55)34-4-2-5-36(28-34)51-47(58)32-67-25-24-65-21-20-63-18-19-64-22-23-66-26-27-68-45-7-3-6-38-41(45)30-54(50(38)60)44-14-15-46(57)53-49(44)59/h2-13,28-29,39,43-44,48,52,56H,14-27,30-32H2,1H3,(H,51,58)(H,53,57,59)/t39-,43+,44?,48-/m1/s1. The molecule has 2 saturated heterocycles. The first-order valence-electron chi connectivity index (χ1n) is 23.3. The highest BCUT2D eigenvalue weighted by atomic mass is 32.2. The molecule has 4 aliphatic heterocycles. The van der Waals surface area contributed by atoms with Gasteiger partial charge in [-0.25, -0.2) is 8.42 Å². The minimum absolute atomic E-state index is 0.111. The average Bonchev–Trinajstić information content (AvgIpc) is 3.95. The number of aliphatic hydroxyl groups excluding tert-OH is 1. The highest BCUT2D eigenvalue weighted by Gasteiger charge is 2.48. The van der Waals surface area contributed by atoms with Crippen LogP contribution in [0.2, 0.25) is 0 Å². The molecule has 4 aliphatic rings. The fraction of sp³-hybridized carbons (Fsp3) is 0.440. The highest BCUT2D eigenvalue weighted by molar-refractivity contribution is 7.99. The van der Waals surface area contributed by atoms with Crippen molar-refractivity contribution in [3.05, 3.63) is 107 Å². The van der Waals surface area contributed by atoms with Crippen molar-refractivity contribution < 1.29 is 56.4 Å². The van der Waals surface area contributed by atoms with Crippen LogP contribution in [0.4, 0.5) is 11.4 Å². The molecule has 0 spiro atoms. The fourth-order valence-corrected chi connectivity index (χ4v) is 11.8. The lowest BCUT2D eigenvalue weighted by atomic mass is 9.82. The van der Waals surface area contributed by atoms with E-state index in [9.17, 15) is 32.7 Å². The van der Waals surface area contributed by atoms with Crippen LogP contribution in [0.1, 0.15) is 52.4 Å². The van der Waals surface area contributed by atoms with Crippen LogP contribution in [0.5, 0.6) is 0 Å². The van der Waals surface area contributed by atoms with Gasteiger partial charge < -0.3 is 44.3 Å². The molecule has 8 rings (SSSR count). The predicted octanol–water partition coefficient (Wildman–Crippen LogP) is 4.78. The summed E-state index contributed by atoms with van der Waals surface area (Å²) in [5.74, 6) is -0.661. The number of nitrogens with one attached hydrogen (secondary N) is 3. The smallest absolute Gasteiger partial charge is 0.255 e. The summed E-state index contributed by atoms with van der Waals surface area (Å²) in [5, 5.41) is 18.9. The molecule has 4 atom stereocenters. The molecule has 2 fully saturated rings. The number of anilines is 2. The van der Waals surface area contributed by atoms with Gasteiger partial charge >= 0.3 is 0 Å². The Morgan fingerprint density at radius 1 is 0.812 bits per heavy atom. The van der Waals surface area contributed by atoms with Crippen LogP contribution in [0.3, 0.4) is 0 Å². The first-order valence-corrected chi connectivity index (χ1v) is 25.7. The van der Waals surface area contributed by atoms with Crippen LogP contribution in [0.15, 0.2) is 94.7 Å². The first kappa shape index (κ1) is 50.2. The van der Waals surface area contributed by atoms with Gasteiger partial charge in [0.15, 0.2) is 0 Å². The van der Waals surface area contributed by atoms with E-state index in [-0.39, 0.29) is 60.8 Å². The molecule has 0 saturated carbocycles. The number of hydrogen-bond donors (Lipinski definition) is 4. The fourth-order valence-electron chi connectivity index (χ4n) is 9.24. The Bertz CT molecular complexity index is 2580. The van der Waals surface area contributed by atoms with E-state index in [4.69, 9.17) is 23.7 Å². The number of imide groups is 1. The Labute approximate surface area is 406 Å². The van der Waals surface area contributed by atoms with E-state index in [0.29, 0.717) is 95.8 Å². The van der Waals surface area contributed by atoms with Crippen LogP contribution >= 0.6 is 11.8 Å². The summed E-state index contributed by atoms with van der Waals surface area (Å²) in [6.07, 6.45) is 1.16. The number of ether oxygens (including phenoxy) is 5. The molecule has 368 valence electrons. The van der Waals surface area contributed by atoms with Gasteiger partial charge in [-0.1, -0.05) is 42.0 Å². The lowest BCUT2D eigenvalue weighted by Gasteiger charge is -2.39. The quantitative estimate of drug-likeness (QED) is 0.0424. The maximum atomic E-state index is 14.0. The van der Waals surface area contributed by atoms with Crippen LogP contribution in [0, 0.1) is 12.8 Å². The number of carbonyl (C=O) groups excluding carboxylic acids is 4. The van der Waals surface area contributed by atoms with Crippen LogP contribution in [-0.2, 0) is 54.6 Å². The zero-order valence-electron chi connectivity index (χ0n) is 38.6. The molecule has 1 unspecified atom stereocenters. The second-order valence-electron chi connectivity index (χ2n) is 17.2. The van der Waals surface area contributed by atoms with Crippen molar-refractivity contribution >= 4 is 56.8 Å². The van der Waals surface area contributed by atoms with Gasteiger partial charge in [0, 0.05) is 53.0 Å². The van der Waals surface area contributed by atoms with Gasteiger partial charge in [0.25, 0.3) is 5.91 Å². The predicted molar refractivity (Wildman–Crippen MR) is 258 cm³/mol. The number of nitrogens with zero attached hydrogens (tertiary/aromatic N) is 2. The van der Waals surface area contributed by atoms with Crippen LogP contribution in [0.25, 0.3) is 11.1 Å². The van der Waals surface area contributed by atoms with E-state index < -0.39 is 28.0 Å². The Morgan fingerprint density at radius 2 is 1.49 bits per heavy atom. The zero-order valence-corrected chi connectivity index (χ0v) is 40.2. The minimum atomic E-state index is -3.80. The number of thioether (sulfide) groups is 1. The van der Waals surface area contributed by atoms with E-state index in [2.05, 4.69) is 16.0 Å². The lowest BCUT2D eigenvalue weighted by molar-refractivity contribution is -0.137. The topological polar surface area (TPSA) is 211 Å². The number of carbonyl (C=O) groups is 4. The summed E-state index contributed by atoms with van der Waals surface area (Å²) in [4.78, 5) is 52.6. The van der Waals surface area contributed by atoms with Crippen molar-refractivity contribution in [1.82, 2.24) is 14.5 Å². The van der Waals surface area contributed by atoms with Crippen LogP contribution in [-0.4, -0.2) is 143 Å². The van der Waals surface area contributed by atoms with E-state index >= 15 is 0 Å². The molecule has 4 amide bonds. The van der Waals surface area contributed by atoms with Crippen molar-refractivity contribution in [2.45, 2.75) is 60.6 Å². The Morgan fingerprint density at radius 3 is 2.20 bits per heavy atom. The molecule has 19 heteroatoms. The summed E-state index contributed by atoms with van der Waals surface area (Å²) in [6, 6.07) is 24.4. The average molecular weight is 986 g/mol. The molecule has 4 aromatic rings. The monoisotopic (exact) mass is 985 g/mol. The lowest BCUT2D eigenvalue weighted by Crippen LogP contribution is -2.52. The number of sulfonamides is 1. The van der Waals surface area contributed by atoms with Gasteiger partial charge in [-0.05, 0) is 90.6 Å². The van der Waals surface area contributed by atoms with Gasteiger partial charge in [0.2, 0.25) is 27.7 Å². The number of fused-ring (bicyclic) bond motifs is 4. The number of rotatable bonds is 24. The van der Waals surface area contributed by atoms with Gasteiger partial charge in [-0.15, -0.1) is 11.8 Å². The molecule has 17 nitrogen and oxygen atoms in total. The molecule has 0 radical (unpaired) electrons. The maximum absolute atomic E-state index is 14.0. The van der Waals surface area contributed by atoms with Gasteiger partial charge in [-0.3, -0.25) is 24.5 Å². The molecule has 0 aliphatic carbocycles. The number of benzene rings is 4.